The zero-order chi connectivity index (χ0) is 5.11. The molecule has 0 aliphatic carbocycles. The normalized spacial score (nSPS) is 19.1. The van der Waals surface area contributed by atoms with Crippen LogP contribution in [0, 0.1) is 6.54 Å². The van der Waals surface area contributed by atoms with E-state index in [2.05, 4.69) is 5.32 Å². The third-order valence-electron chi connectivity index (χ3n) is 0.777. The van der Waals surface area contributed by atoms with Crippen molar-refractivity contribution in [2.24, 2.45) is 0 Å². The number of hydrogen-bond donors (Lipinski definition) is 1. The number of ketones is 1. The van der Waals surface area contributed by atoms with Gasteiger partial charge in [0.2, 0.25) is 0 Å². The minimum Gasteiger partial charge on any atom is -0.379 e. The smallest absolute Gasteiger partial charge is 0.161 e. The summed E-state index contributed by atoms with van der Waals surface area (Å²) in [6.07, 6.45) is 4.09. The van der Waals surface area contributed by atoms with Crippen LogP contribution in [0.4, 0.5) is 0 Å². The second-order valence-electron chi connectivity index (χ2n) is 1.38. The molecule has 0 spiro atoms. The average Bonchev–Trinajstić information content (AvgIpc) is 1.69. The SMILES string of the molecule is O=C1[CH]NC=CC1. The first-order valence-electron chi connectivity index (χ1n) is 2.17. The van der Waals surface area contributed by atoms with Crippen molar-refractivity contribution in [2.45, 2.75) is 6.42 Å². The Morgan fingerprint density at radius 3 is 2.86 bits per heavy atom. The van der Waals surface area contributed by atoms with E-state index >= 15 is 0 Å². The van der Waals surface area contributed by atoms with Gasteiger partial charge in [-0.1, -0.05) is 6.08 Å². The number of nitrogens with one attached hydrogen (secondary N) is 1. The first-order chi connectivity index (χ1) is 3.39. The van der Waals surface area contributed by atoms with E-state index in [0.29, 0.717) is 6.42 Å². The minimum atomic E-state index is 0.141. The van der Waals surface area contributed by atoms with Gasteiger partial charge in [-0.15, -0.1) is 0 Å². The lowest BCUT2D eigenvalue weighted by Crippen LogP contribution is -2.13. The zero-order valence-corrected chi connectivity index (χ0v) is 3.85. The first kappa shape index (κ1) is 4.37. The van der Waals surface area contributed by atoms with Crippen molar-refractivity contribution >= 4 is 5.78 Å². The van der Waals surface area contributed by atoms with E-state index in [1.165, 1.54) is 6.54 Å². The number of hydrogen-bond acceptors (Lipinski definition) is 2. The van der Waals surface area contributed by atoms with Gasteiger partial charge in [0.25, 0.3) is 0 Å². The fourth-order valence-corrected chi connectivity index (χ4v) is 0.443. The van der Waals surface area contributed by atoms with Gasteiger partial charge in [0.1, 0.15) is 6.54 Å². The number of allylic oxidation sites excluding steroid dienone is 1. The summed E-state index contributed by atoms with van der Waals surface area (Å²) in [6.45, 7) is 1.46. The van der Waals surface area contributed by atoms with Gasteiger partial charge in [0, 0.05) is 6.42 Å². The average molecular weight is 96.1 g/mol. The topological polar surface area (TPSA) is 29.1 Å². The van der Waals surface area contributed by atoms with E-state index in [0.717, 1.165) is 0 Å². The third-order valence-corrected chi connectivity index (χ3v) is 0.777. The van der Waals surface area contributed by atoms with Crippen molar-refractivity contribution in [1.82, 2.24) is 5.32 Å². The molecule has 0 aromatic carbocycles. The number of carbonyl (C=O) groups excluding carboxylic acids is 1. The summed E-state index contributed by atoms with van der Waals surface area (Å²) in [5.41, 5.74) is 0. The minimum absolute atomic E-state index is 0.141. The summed E-state index contributed by atoms with van der Waals surface area (Å²) in [4.78, 5) is 10.3. The van der Waals surface area contributed by atoms with Crippen LogP contribution in [-0.4, -0.2) is 5.78 Å². The van der Waals surface area contributed by atoms with E-state index < -0.39 is 0 Å². The second-order valence-corrected chi connectivity index (χ2v) is 1.38. The van der Waals surface area contributed by atoms with Crippen molar-refractivity contribution in [3.05, 3.63) is 18.8 Å². The van der Waals surface area contributed by atoms with Gasteiger partial charge >= 0.3 is 0 Å². The molecule has 0 atom stereocenters. The number of rotatable bonds is 0. The summed E-state index contributed by atoms with van der Waals surface area (Å²) >= 11 is 0. The Hall–Kier alpha value is -0.790. The number of carbonyl (C=O) groups is 1. The molecule has 1 aliphatic rings. The highest BCUT2D eigenvalue weighted by Gasteiger charge is 1.99. The third kappa shape index (κ3) is 1.03. The molecule has 0 fully saturated rings. The van der Waals surface area contributed by atoms with Gasteiger partial charge in [0.15, 0.2) is 5.78 Å². The number of Topliss-reactive ketones (excluding diaryl/α,β-unsaturated/α-hetero) is 1. The van der Waals surface area contributed by atoms with Gasteiger partial charge in [-0.25, -0.2) is 0 Å². The maximum atomic E-state index is 10.3. The quantitative estimate of drug-likeness (QED) is 0.467. The molecule has 1 aliphatic heterocycles. The molecule has 1 heterocycles. The Bertz CT molecular complexity index is 107. The molecule has 1 radical (unpaired) electrons. The van der Waals surface area contributed by atoms with Crippen molar-refractivity contribution in [3.63, 3.8) is 0 Å². The Balaban J connectivity index is 2.47. The summed E-state index contributed by atoms with van der Waals surface area (Å²) in [5, 5.41) is 2.68. The molecule has 0 saturated heterocycles. The fourth-order valence-electron chi connectivity index (χ4n) is 0.443. The van der Waals surface area contributed by atoms with Crippen LogP contribution in [0.2, 0.25) is 0 Å². The molecule has 0 saturated carbocycles. The Morgan fingerprint density at radius 2 is 2.57 bits per heavy atom. The monoisotopic (exact) mass is 96.0 g/mol. The summed E-state index contributed by atoms with van der Waals surface area (Å²) in [5.74, 6) is 0.141. The standard InChI is InChI=1S/C5H6NO/c7-5-2-1-3-6-4-5/h1,3-4,6H,2H2. The molecule has 37 valence electrons. The predicted molar refractivity (Wildman–Crippen MR) is 26.2 cm³/mol. The first-order valence-corrected chi connectivity index (χ1v) is 2.17. The highest BCUT2D eigenvalue weighted by atomic mass is 16.1. The highest BCUT2D eigenvalue weighted by Crippen LogP contribution is 1.91. The van der Waals surface area contributed by atoms with E-state index in [9.17, 15) is 4.79 Å². The lowest BCUT2D eigenvalue weighted by Gasteiger charge is -2.00. The predicted octanol–water partition coefficient (Wildman–Crippen LogP) is 0.224. The van der Waals surface area contributed by atoms with Crippen LogP contribution >= 0.6 is 0 Å². The van der Waals surface area contributed by atoms with Crippen LogP contribution in [0.15, 0.2) is 12.3 Å². The lowest BCUT2D eigenvalue weighted by atomic mass is 10.2. The molecule has 0 unspecified atom stereocenters. The molecule has 0 amide bonds. The molecule has 7 heavy (non-hydrogen) atoms. The molecular formula is C5H6NO. The lowest BCUT2D eigenvalue weighted by molar-refractivity contribution is -0.115. The molecule has 2 heteroatoms. The molecule has 0 aromatic rings. The van der Waals surface area contributed by atoms with Crippen molar-refractivity contribution < 1.29 is 4.79 Å². The van der Waals surface area contributed by atoms with Gasteiger partial charge in [0.05, 0.1) is 0 Å². The summed E-state index contributed by atoms with van der Waals surface area (Å²) in [7, 11) is 0. The highest BCUT2D eigenvalue weighted by molar-refractivity contribution is 5.88. The van der Waals surface area contributed by atoms with Crippen LogP contribution < -0.4 is 5.32 Å². The van der Waals surface area contributed by atoms with E-state index in [1.807, 2.05) is 0 Å². The molecule has 1 N–H and O–H groups in total. The molecule has 1 rings (SSSR count). The van der Waals surface area contributed by atoms with Gasteiger partial charge in [-0.2, -0.15) is 0 Å². The van der Waals surface area contributed by atoms with E-state index in [-0.39, 0.29) is 5.78 Å². The van der Waals surface area contributed by atoms with Crippen LogP contribution in [0.5, 0.6) is 0 Å². The summed E-state index contributed by atoms with van der Waals surface area (Å²) < 4.78 is 0. The van der Waals surface area contributed by atoms with Gasteiger partial charge in [-0.05, 0) is 6.20 Å². The van der Waals surface area contributed by atoms with Crippen LogP contribution in [0.25, 0.3) is 0 Å². The van der Waals surface area contributed by atoms with Crippen molar-refractivity contribution in [3.8, 4) is 0 Å². The zero-order valence-electron chi connectivity index (χ0n) is 3.85. The molecule has 0 aromatic heterocycles. The van der Waals surface area contributed by atoms with Crippen LogP contribution in [0.3, 0.4) is 0 Å². The van der Waals surface area contributed by atoms with Gasteiger partial charge < -0.3 is 5.32 Å². The Kier molecular flexibility index (Phi) is 1.11. The maximum absolute atomic E-state index is 10.3. The van der Waals surface area contributed by atoms with Crippen LogP contribution in [-0.2, 0) is 4.79 Å². The van der Waals surface area contributed by atoms with E-state index in [4.69, 9.17) is 0 Å². The molecule has 0 bridgehead atoms. The molecular weight excluding hydrogens is 90.1 g/mol. The Morgan fingerprint density at radius 1 is 1.71 bits per heavy atom. The van der Waals surface area contributed by atoms with Crippen molar-refractivity contribution in [2.75, 3.05) is 0 Å². The Labute approximate surface area is 42.2 Å². The molecule has 2 nitrogen and oxygen atoms in total. The largest absolute Gasteiger partial charge is 0.379 e. The van der Waals surface area contributed by atoms with E-state index in [1.54, 1.807) is 12.3 Å². The fraction of sp³-hybridized carbons (Fsp3) is 0.200. The van der Waals surface area contributed by atoms with Crippen LogP contribution in [0.1, 0.15) is 6.42 Å². The van der Waals surface area contributed by atoms with Gasteiger partial charge in [-0.3, -0.25) is 4.79 Å². The maximum Gasteiger partial charge on any atom is 0.161 e. The second kappa shape index (κ2) is 1.78. The summed E-state index contributed by atoms with van der Waals surface area (Å²) in [6, 6.07) is 0. The van der Waals surface area contributed by atoms with Crippen molar-refractivity contribution in [1.29, 1.82) is 0 Å².